The molecule has 0 fully saturated rings. The van der Waals surface area contributed by atoms with Gasteiger partial charge in [-0.2, -0.15) is 18.4 Å². The van der Waals surface area contributed by atoms with E-state index in [2.05, 4.69) is 4.98 Å². The fourth-order valence-electron chi connectivity index (χ4n) is 2.90. The lowest BCUT2D eigenvalue weighted by molar-refractivity contribution is -0.138. The van der Waals surface area contributed by atoms with Crippen LogP contribution in [0.2, 0.25) is 0 Å². The summed E-state index contributed by atoms with van der Waals surface area (Å²) in [5.74, 6) is -1.24. The first-order valence-corrected chi connectivity index (χ1v) is 8.00. The number of aryl methyl sites for hydroxylation is 1. The minimum absolute atomic E-state index is 0.0757. The summed E-state index contributed by atoms with van der Waals surface area (Å²) in [6.45, 7) is -0.560. The second-order valence-electron chi connectivity index (χ2n) is 5.92. The summed E-state index contributed by atoms with van der Waals surface area (Å²) in [4.78, 5) is 16.3. The number of ether oxygens (including phenoxy) is 2. The van der Waals surface area contributed by atoms with E-state index in [1.165, 1.54) is 31.8 Å². The second kappa shape index (κ2) is 7.23. The molecule has 0 radical (unpaired) electrons. The number of methoxy groups -OCH3 is 1. The van der Waals surface area contributed by atoms with E-state index in [1.54, 1.807) is 17.7 Å². The molecule has 0 aliphatic carbocycles. The van der Waals surface area contributed by atoms with Gasteiger partial charge in [0.15, 0.2) is 6.61 Å². The van der Waals surface area contributed by atoms with Crippen molar-refractivity contribution < 1.29 is 27.4 Å². The van der Waals surface area contributed by atoms with E-state index in [4.69, 9.17) is 14.7 Å². The van der Waals surface area contributed by atoms with Crippen molar-refractivity contribution in [2.45, 2.75) is 6.18 Å². The number of aromatic nitrogens is 2. The van der Waals surface area contributed by atoms with Gasteiger partial charge in [0.1, 0.15) is 11.8 Å². The summed E-state index contributed by atoms with van der Waals surface area (Å²) in [7, 11) is 2.91. The second-order valence-corrected chi connectivity index (χ2v) is 5.92. The standard InChI is InChI=1S/C19H14F3N3O3/c1-25-10-24-9-16(25)12-5-11-7-15(19(20,21)22)17(28-4-3-23)8-13(11)14(6-12)18(26)27-2/h5-10H,4H2,1-2H3. The Hall–Kier alpha value is -3.54. The number of hydrogen-bond acceptors (Lipinski definition) is 5. The van der Waals surface area contributed by atoms with Crippen LogP contribution < -0.4 is 4.74 Å². The Morgan fingerprint density at radius 3 is 2.61 bits per heavy atom. The van der Waals surface area contributed by atoms with E-state index >= 15 is 0 Å². The molecule has 1 aromatic heterocycles. The number of benzene rings is 2. The highest BCUT2D eigenvalue weighted by atomic mass is 19.4. The Kier molecular flexibility index (Phi) is 4.96. The number of rotatable bonds is 4. The minimum Gasteiger partial charge on any atom is -0.478 e. The molecule has 2 aromatic carbocycles. The molecule has 0 N–H and O–H groups in total. The van der Waals surface area contributed by atoms with Crippen LogP contribution in [0.5, 0.6) is 5.75 Å². The topological polar surface area (TPSA) is 77.1 Å². The van der Waals surface area contributed by atoms with Crippen molar-refractivity contribution in [3.63, 3.8) is 0 Å². The SMILES string of the molecule is COC(=O)c1cc(-c2cncn2C)cc2cc(C(F)(F)F)c(OCC#N)cc12. The van der Waals surface area contributed by atoms with Gasteiger partial charge in [0.25, 0.3) is 0 Å². The first-order valence-electron chi connectivity index (χ1n) is 8.00. The summed E-state index contributed by atoms with van der Waals surface area (Å²) in [5, 5.41) is 9.04. The zero-order chi connectivity index (χ0) is 20.5. The first-order chi connectivity index (χ1) is 13.3. The zero-order valence-electron chi connectivity index (χ0n) is 14.9. The van der Waals surface area contributed by atoms with E-state index in [9.17, 15) is 18.0 Å². The van der Waals surface area contributed by atoms with Crippen molar-refractivity contribution >= 4 is 16.7 Å². The molecule has 0 aliphatic rings. The van der Waals surface area contributed by atoms with E-state index in [0.717, 1.165) is 12.1 Å². The number of nitrogens with zero attached hydrogens (tertiary/aromatic N) is 3. The molecule has 0 saturated heterocycles. The van der Waals surface area contributed by atoms with Crippen LogP contribution in [-0.2, 0) is 18.0 Å². The smallest absolute Gasteiger partial charge is 0.419 e. The predicted molar refractivity (Wildman–Crippen MR) is 93.6 cm³/mol. The quantitative estimate of drug-likeness (QED) is 0.632. The monoisotopic (exact) mass is 389 g/mol. The molecule has 0 saturated carbocycles. The fraction of sp³-hybridized carbons (Fsp3) is 0.211. The molecule has 0 amide bonds. The number of hydrogen-bond donors (Lipinski definition) is 0. The normalized spacial score (nSPS) is 11.3. The number of nitriles is 1. The molecule has 6 nitrogen and oxygen atoms in total. The molecule has 1 heterocycles. The summed E-state index contributed by atoms with van der Waals surface area (Å²) in [5.41, 5.74) is 0.164. The number of fused-ring (bicyclic) bond motifs is 1. The predicted octanol–water partition coefficient (Wildman–Crippen LogP) is 3.95. The van der Waals surface area contributed by atoms with Crippen molar-refractivity contribution in [2.75, 3.05) is 13.7 Å². The molecule has 28 heavy (non-hydrogen) atoms. The molecule has 0 spiro atoms. The van der Waals surface area contributed by atoms with Crippen LogP contribution in [0.3, 0.4) is 0 Å². The van der Waals surface area contributed by atoms with E-state index < -0.39 is 30.1 Å². The van der Waals surface area contributed by atoms with Gasteiger partial charge in [-0.15, -0.1) is 0 Å². The highest BCUT2D eigenvalue weighted by Crippen LogP contribution is 2.40. The Balaban J connectivity index is 2.34. The highest BCUT2D eigenvalue weighted by Gasteiger charge is 2.35. The molecule has 3 rings (SSSR count). The highest BCUT2D eigenvalue weighted by molar-refractivity contribution is 6.07. The number of esters is 1. The number of alkyl halides is 3. The Morgan fingerprint density at radius 1 is 1.29 bits per heavy atom. The van der Waals surface area contributed by atoms with Gasteiger partial charge in [0.2, 0.25) is 0 Å². The summed E-state index contributed by atoms with van der Waals surface area (Å²) in [6, 6.07) is 6.69. The van der Waals surface area contributed by atoms with Gasteiger partial charge in [0, 0.05) is 12.6 Å². The largest absolute Gasteiger partial charge is 0.478 e. The van der Waals surface area contributed by atoms with Crippen molar-refractivity contribution in [3.05, 3.63) is 47.9 Å². The number of carbonyl (C=O) groups is 1. The van der Waals surface area contributed by atoms with Gasteiger partial charge < -0.3 is 14.0 Å². The number of carbonyl (C=O) groups excluding carboxylic acids is 1. The lowest BCUT2D eigenvalue weighted by Crippen LogP contribution is -2.10. The molecule has 9 heteroatoms. The molecular weight excluding hydrogens is 375 g/mol. The maximum absolute atomic E-state index is 13.5. The summed E-state index contributed by atoms with van der Waals surface area (Å²) >= 11 is 0. The Morgan fingerprint density at radius 2 is 2.04 bits per heavy atom. The van der Waals surface area contributed by atoms with Crippen LogP contribution in [0.1, 0.15) is 15.9 Å². The van der Waals surface area contributed by atoms with Crippen molar-refractivity contribution in [2.24, 2.45) is 7.05 Å². The third-order valence-electron chi connectivity index (χ3n) is 4.17. The van der Waals surface area contributed by atoms with E-state index in [0.29, 0.717) is 11.3 Å². The van der Waals surface area contributed by atoms with Gasteiger partial charge in [0.05, 0.1) is 36.5 Å². The van der Waals surface area contributed by atoms with Crippen LogP contribution >= 0.6 is 0 Å². The third-order valence-corrected chi connectivity index (χ3v) is 4.17. The lowest BCUT2D eigenvalue weighted by atomic mass is 9.97. The third kappa shape index (κ3) is 3.49. The van der Waals surface area contributed by atoms with E-state index in [1.807, 2.05) is 0 Å². The molecule has 0 aliphatic heterocycles. The van der Waals surface area contributed by atoms with Gasteiger partial charge in [-0.1, -0.05) is 0 Å². The van der Waals surface area contributed by atoms with Crippen LogP contribution in [-0.4, -0.2) is 29.2 Å². The maximum atomic E-state index is 13.5. The minimum atomic E-state index is -4.70. The van der Waals surface area contributed by atoms with Crippen molar-refractivity contribution in [1.82, 2.24) is 9.55 Å². The van der Waals surface area contributed by atoms with Gasteiger partial charge in [-0.05, 0) is 35.0 Å². The summed E-state index contributed by atoms with van der Waals surface area (Å²) < 4.78 is 51.9. The molecule has 0 atom stereocenters. The van der Waals surface area contributed by atoms with Gasteiger partial charge in [-0.3, -0.25) is 0 Å². The molecule has 0 bridgehead atoms. The average molecular weight is 389 g/mol. The van der Waals surface area contributed by atoms with Crippen LogP contribution in [0, 0.1) is 11.3 Å². The summed E-state index contributed by atoms with van der Waals surface area (Å²) in [6.07, 6.45) is -1.62. The fourth-order valence-corrected chi connectivity index (χ4v) is 2.90. The Bertz CT molecular complexity index is 1100. The molecule has 144 valence electrons. The van der Waals surface area contributed by atoms with Crippen LogP contribution in [0.15, 0.2) is 36.8 Å². The van der Waals surface area contributed by atoms with Gasteiger partial charge in [-0.25, -0.2) is 9.78 Å². The first kappa shape index (κ1) is 19.2. The van der Waals surface area contributed by atoms with Gasteiger partial charge >= 0.3 is 12.1 Å². The molecule has 3 aromatic rings. The number of imidazole rings is 1. The Labute approximate surface area is 157 Å². The van der Waals surface area contributed by atoms with Crippen LogP contribution in [0.4, 0.5) is 13.2 Å². The van der Waals surface area contributed by atoms with Crippen LogP contribution in [0.25, 0.3) is 22.0 Å². The average Bonchev–Trinajstić information content (AvgIpc) is 3.09. The molecular formula is C19H14F3N3O3. The number of halogens is 3. The van der Waals surface area contributed by atoms with E-state index in [-0.39, 0.29) is 16.3 Å². The zero-order valence-corrected chi connectivity index (χ0v) is 14.9. The molecule has 0 unspecified atom stereocenters. The maximum Gasteiger partial charge on any atom is 0.419 e. The van der Waals surface area contributed by atoms with Crippen molar-refractivity contribution in [1.29, 1.82) is 5.26 Å². The lowest BCUT2D eigenvalue weighted by Gasteiger charge is -2.16. The van der Waals surface area contributed by atoms with Crippen molar-refractivity contribution in [3.8, 4) is 23.1 Å².